The van der Waals surface area contributed by atoms with Crippen molar-refractivity contribution in [3.05, 3.63) is 63.9 Å². The monoisotopic (exact) mass is 291 g/mol. The lowest BCUT2D eigenvalue weighted by molar-refractivity contribution is -0.115. The predicted molar refractivity (Wildman–Crippen MR) is 74.2 cm³/mol. The topological polar surface area (TPSA) is 49.3 Å². The number of amides is 1. The Bertz CT molecular complexity index is 702. The first kappa shape index (κ1) is 13.1. The van der Waals surface area contributed by atoms with Crippen LogP contribution in [0.5, 0.6) is 0 Å². The van der Waals surface area contributed by atoms with E-state index in [4.69, 9.17) is 11.6 Å². The van der Waals surface area contributed by atoms with Gasteiger partial charge in [-0.25, -0.2) is 4.39 Å². The number of aliphatic hydroxyl groups is 1. The number of carbonyl (C=O) groups excluding carboxylic acids is 1. The number of carbonyl (C=O) groups is 1. The fourth-order valence-corrected chi connectivity index (χ4v) is 2.65. The number of aliphatic hydroxyl groups excluding tert-OH is 1. The zero-order valence-electron chi connectivity index (χ0n) is 10.4. The summed E-state index contributed by atoms with van der Waals surface area (Å²) in [5.41, 5.74) is 1.94. The van der Waals surface area contributed by atoms with Crippen LogP contribution in [-0.4, -0.2) is 11.0 Å². The molecule has 0 saturated heterocycles. The molecule has 0 fully saturated rings. The summed E-state index contributed by atoms with van der Waals surface area (Å²) in [6.45, 7) is 0. The van der Waals surface area contributed by atoms with Crippen molar-refractivity contribution in [3.63, 3.8) is 0 Å². The largest absolute Gasteiger partial charge is 0.384 e. The third kappa shape index (κ3) is 2.17. The van der Waals surface area contributed by atoms with Gasteiger partial charge in [0.25, 0.3) is 0 Å². The van der Waals surface area contributed by atoms with Gasteiger partial charge in [-0.3, -0.25) is 4.79 Å². The average molecular weight is 292 g/mol. The number of rotatable bonds is 2. The smallest absolute Gasteiger partial charge is 0.228 e. The third-order valence-corrected chi connectivity index (χ3v) is 3.62. The molecule has 102 valence electrons. The molecule has 20 heavy (non-hydrogen) atoms. The van der Waals surface area contributed by atoms with Crippen molar-refractivity contribution in [2.45, 2.75) is 12.5 Å². The highest BCUT2D eigenvalue weighted by Gasteiger charge is 2.24. The molecule has 2 aromatic carbocycles. The second-order valence-electron chi connectivity index (χ2n) is 4.69. The Kier molecular flexibility index (Phi) is 3.20. The van der Waals surface area contributed by atoms with E-state index in [9.17, 15) is 14.3 Å². The molecule has 1 aliphatic heterocycles. The number of halogens is 2. The summed E-state index contributed by atoms with van der Waals surface area (Å²) in [6.07, 6.45) is -0.901. The fourth-order valence-electron chi connectivity index (χ4n) is 2.36. The van der Waals surface area contributed by atoms with E-state index in [-0.39, 0.29) is 17.9 Å². The van der Waals surface area contributed by atoms with Crippen molar-refractivity contribution in [2.75, 3.05) is 5.32 Å². The van der Waals surface area contributed by atoms with Gasteiger partial charge < -0.3 is 10.4 Å². The maximum atomic E-state index is 13.7. The molecule has 2 aromatic rings. The third-order valence-electron chi connectivity index (χ3n) is 3.33. The predicted octanol–water partition coefficient (Wildman–Crippen LogP) is 3.06. The Labute approximate surface area is 120 Å². The number of nitrogens with one attached hydrogen (secondary N) is 1. The second-order valence-corrected chi connectivity index (χ2v) is 5.09. The molecular weight excluding hydrogens is 281 g/mol. The van der Waals surface area contributed by atoms with Crippen LogP contribution in [0.4, 0.5) is 10.1 Å². The van der Waals surface area contributed by atoms with E-state index in [1.807, 2.05) is 0 Å². The highest BCUT2D eigenvalue weighted by molar-refractivity contribution is 6.34. The molecule has 1 unspecified atom stereocenters. The van der Waals surface area contributed by atoms with Crippen LogP contribution in [0.3, 0.4) is 0 Å². The first-order valence-corrected chi connectivity index (χ1v) is 6.48. The SMILES string of the molecule is O=C1Cc2cc(C(O)c3ccccc3F)cc(Cl)c2N1. The van der Waals surface area contributed by atoms with E-state index in [0.717, 1.165) is 0 Å². The van der Waals surface area contributed by atoms with Crippen LogP contribution in [0.2, 0.25) is 5.02 Å². The van der Waals surface area contributed by atoms with E-state index in [0.29, 0.717) is 21.8 Å². The van der Waals surface area contributed by atoms with Crippen molar-refractivity contribution in [1.29, 1.82) is 0 Å². The molecule has 3 nitrogen and oxygen atoms in total. The molecule has 2 N–H and O–H groups in total. The van der Waals surface area contributed by atoms with E-state index in [1.165, 1.54) is 12.1 Å². The lowest BCUT2D eigenvalue weighted by atomic mass is 9.98. The van der Waals surface area contributed by atoms with Gasteiger partial charge in [0.15, 0.2) is 0 Å². The second kappa shape index (κ2) is 4.89. The summed E-state index contributed by atoms with van der Waals surface area (Å²) in [6, 6.07) is 9.24. The van der Waals surface area contributed by atoms with Crippen molar-refractivity contribution in [1.82, 2.24) is 0 Å². The molecule has 0 aromatic heterocycles. The number of anilines is 1. The molecule has 0 saturated carbocycles. The van der Waals surface area contributed by atoms with Crippen LogP contribution in [0.1, 0.15) is 22.8 Å². The zero-order valence-corrected chi connectivity index (χ0v) is 11.1. The molecule has 5 heteroatoms. The highest BCUT2D eigenvalue weighted by atomic mass is 35.5. The van der Waals surface area contributed by atoms with Gasteiger partial charge in [-0.05, 0) is 23.3 Å². The molecule has 0 radical (unpaired) electrons. The number of hydrogen-bond acceptors (Lipinski definition) is 2. The maximum Gasteiger partial charge on any atom is 0.228 e. The fraction of sp³-hybridized carbons (Fsp3) is 0.133. The van der Waals surface area contributed by atoms with Gasteiger partial charge in [-0.1, -0.05) is 35.9 Å². The summed E-state index contributed by atoms with van der Waals surface area (Å²) in [4.78, 5) is 11.4. The summed E-state index contributed by atoms with van der Waals surface area (Å²) in [5, 5.41) is 13.3. The minimum absolute atomic E-state index is 0.139. The Morgan fingerprint density at radius 2 is 2.05 bits per heavy atom. The standard InChI is InChI=1S/C15H11ClFNO2/c16-11-6-9(5-8-7-13(19)18-14(8)11)15(20)10-3-1-2-4-12(10)17/h1-6,15,20H,7H2,(H,18,19). The van der Waals surface area contributed by atoms with Crippen molar-refractivity contribution >= 4 is 23.2 Å². The van der Waals surface area contributed by atoms with E-state index in [1.54, 1.807) is 24.3 Å². The lowest BCUT2D eigenvalue weighted by Crippen LogP contribution is -2.03. The minimum Gasteiger partial charge on any atom is -0.384 e. The van der Waals surface area contributed by atoms with Crippen LogP contribution in [-0.2, 0) is 11.2 Å². The molecule has 1 atom stereocenters. The van der Waals surface area contributed by atoms with Gasteiger partial charge >= 0.3 is 0 Å². The number of hydrogen-bond donors (Lipinski definition) is 2. The van der Waals surface area contributed by atoms with Crippen molar-refractivity contribution in [2.24, 2.45) is 0 Å². The Hall–Kier alpha value is -1.91. The Balaban J connectivity index is 2.04. The summed E-state index contributed by atoms with van der Waals surface area (Å²) in [5.74, 6) is -0.620. The molecule has 0 spiro atoms. The molecule has 3 rings (SSSR count). The molecule has 1 amide bonds. The molecule has 0 bridgehead atoms. The van der Waals surface area contributed by atoms with Gasteiger partial charge in [-0.15, -0.1) is 0 Å². The van der Waals surface area contributed by atoms with E-state index >= 15 is 0 Å². The number of benzene rings is 2. The van der Waals surface area contributed by atoms with E-state index < -0.39 is 11.9 Å². The van der Waals surface area contributed by atoms with Gasteiger partial charge in [0.05, 0.1) is 17.1 Å². The Morgan fingerprint density at radius 3 is 2.80 bits per heavy atom. The van der Waals surface area contributed by atoms with Crippen molar-refractivity contribution in [3.8, 4) is 0 Å². The minimum atomic E-state index is -1.12. The van der Waals surface area contributed by atoms with Gasteiger partial charge in [0.2, 0.25) is 5.91 Å². The summed E-state index contributed by atoms with van der Waals surface area (Å²) >= 11 is 6.09. The van der Waals surface area contributed by atoms with Gasteiger partial charge in [0.1, 0.15) is 11.9 Å². The molecule has 1 heterocycles. The quantitative estimate of drug-likeness (QED) is 0.893. The van der Waals surface area contributed by atoms with Gasteiger partial charge in [0, 0.05) is 5.56 Å². The van der Waals surface area contributed by atoms with Crippen LogP contribution < -0.4 is 5.32 Å². The van der Waals surface area contributed by atoms with Crippen LogP contribution in [0.15, 0.2) is 36.4 Å². The molecular formula is C15H11ClFNO2. The summed E-state index contributed by atoms with van der Waals surface area (Å²) < 4.78 is 13.7. The lowest BCUT2D eigenvalue weighted by Gasteiger charge is -2.14. The van der Waals surface area contributed by atoms with Crippen molar-refractivity contribution < 1.29 is 14.3 Å². The number of fused-ring (bicyclic) bond motifs is 1. The normalized spacial score (nSPS) is 14.8. The maximum absolute atomic E-state index is 13.7. The Morgan fingerprint density at radius 1 is 1.30 bits per heavy atom. The first-order chi connectivity index (χ1) is 9.56. The highest BCUT2D eigenvalue weighted by Crippen LogP contribution is 2.36. The zero-order chi connectivity index (χ0) is 14.3. The van der Waals surface area contributed by atoms with E-state index in [2.05, 4.69) is 5.32 Å². The van der Waals surface area contributed by atoms with Crippen LogP contribution >= 0.6 is 11.6 Å². The first-order valence-electron chi connectivity index (χ1n) is 6.11. The van der Waals surface area contributed by atoms with Crippen LogP contribution in [0.25, 0.3) is 0 Å². The molecule has 0 aliphatic carbocycles. The summed E-state index contributed by atoms with van der Waals surface area (Å²) in [7, 11) is 0. The van der Waals surface area contributed by atoms with Gasteiger partial charge in [-0.2, -0.15) is 0 Å². The van der Waals surface area contributed by atoms with Crippen LogP contribution in [0, 0.1) is 5.82 Å². The average Bonchev–Trinajstić information content (AvgIpc) is 2.79. The molecule has 1 aliphatic rings.